The molecule has 0 bridgehead atoms. The molecule has 0 saturated carbocycles. The van der Waals surface area contributed by atoms with E-state index in [4.69, 9.17) is 9.47 Å². The van der Waals surface area contributed by atoms with E-state index in [1.807, 2.05) is 7.05 Å². The summed E-state index contributed by atoms with van der Waals surface area (Å²) in [5, 5.41) is 3.02. The van der Waals surface area contributed by atoms with E-state index in [1.54, 1.807) is 0 Å². The van der Waals surface area contributed by atoms with Crippen molar-refractivity contribution in [3.63, 3.8) is 0 Å². The third kappa shape index (κ3) is 11.9. The van der Waals surface area contributed by atoms with Crippen LogP contribution >= 0.6 is 0 Å². The molecule has 0 aromatic heterocycles. The van der Waals surface area contributed by atoms with Crippen LogP contribution in [0.25, 0.3) is 0 Å². The monoisotopic (exact) mass is 191 g/mol. The first kappa shape index (κ1) is 12.9. The molecule has 0 aliphatic rings. The summed E-state index contributed by atoms with van der Waals surface area (Å²) in [5.74, 6) is 0.727. The van der Waals surface area contributed by atoms with E-state index < -0.39 is 0 Å². The standard InChI is InChI=1S/C10H23NO2.H2/c1-10(2)4-6-12-8-9-13-7-5-11-3;/h10-11H,4-9H2,1-3H3;1H. The number of ether oxygens (including phenoxy) is 2. The molecule has 0 spiro atoms. The number of rotatable bonds is 9. The van der Waals surface area contributed by atoms with Gasteiger partial charge >= 0.3 is 0 Å². The van der Waals surface area contributed by atoms with Crippen molar-refractivity contribution in [2.24, 2.45) is 5.92 Å². The second kappa shape index (κ2) is 9.96. The predicted octanol–water partition coefficient (Wildman–Crippen LogP) is 1.53. The lowest BCUT2D eigenvalue weighted by molar-refractivity contribution is 0.0454. The van der Waals surface area contributed by atoms with Crippen LogP contribution < -0.4 is 5.32 Å². The number of nitrogens with one attached hydrogen (secondary N) is 1. The maximum Gasteiger partial charge on any atom is 0.0701 e. The lowest BCUT2D eigenvalue weighted by Gasteiger charge is -2.06. The second-order valence-corrected chi connectivity index (χ2v) is 3.51. The molecule has 13 heavy (non-hydrogen) atoms. The minimum atomic E-state index is 0. The Morgan fingerprint density at radius 2 is 1.69 bits per heavy atom. The predicted molar refractivity (Wildman–Crippen MR) is 57.1 cm³/mol. The highest BCUT2D eigenvalue weighted by Gasteiger charge is 1.93. The molecule has 82 valence electrons. The van der Waals surface area contributed by atoms with Gasteiger partial charge < -0.3 is 14.8 Å². The molecular weight excluding hydrogens is 166 g/mol. The summed E-state index contributed by atoms with van der Waals surface area (Å²) in [5.41, 5.74) is 0. The third-order valence-electron chi connectivity index (χ3n) is 1.71. The van der Waals surface area contributed by atoms with Gasteiger partial charge in [-0.1, -0.05) is 13.8 Å². The van der Waals surface area contributed by atoms with Crippen molar-refractivity contribution >= 4 is 0 Å². The van der Waals surface area contributed by atoms with Gasteiger partial charge in [0.2, 0.25) is 0 Å². The van der Waals surface area contributed by atoms with E-state index >= 15 is 0 Å². The molecule has 3 nitrogen and oxygen atoms in total. The summed E-state index contributed by atoms with van der Waals surface area (Å²) in [7, 11) is 1.92. The van der Waals surface area contributed by atoms with Crippen molar-refractivity contribution in [1.29, 1.82) is 0 Å². The van der Waals surface area contributed by atoms with Gasteiger partial charge in [-0.25, -0.2) is 0 Å². The Bertz CT molecular complexity index is 102. The summed E-state index contributed by atoms with van der Waals surface area (Å²) in [4.78, 5) is 0. The Hall–Kier alpha value is -0.120. The SMILES string of the molecule is CNCCOCCOCCC(C)C.[HH]. The van der Waals surface area contributed by atoms with E-state index in [0.29, 0.717) is 6.61 Å². The largest absolute Gasteiger partial charge is 0.379 e. The highest BCUT2D eigenvalue weighted by Crippen LogP contribution is 1.98. The number of hydrogen-bond donors (Lipinski definition) is 1. The minimum absolute atomic E-state index is 0. The van der Waals surface area contributed by atoms with Gasteiger partial charge in [-0.2, -0.15) is 0 Å². The molecule has 0 aliphatic heterocycles. The van der Waals surface area contributed by atoms with Crippen LogP contribution in [0.2, 0.25) is 0 Å². The van der Waals surface area contributed by atoms with Gasteiger partial charge in [0.15, 0.2) is 0 Å². The molecule has 0 radical (unpaired) electrons. The Kier molecular flexibility index (Phi) is 9.87. The summed E-state index contributed by atoms with van der Waals surface area (Å²) in [6, 6.07) is 0. The third-order valence-corrected chi connectivity index (χ3v) is 1.71. The molecular formula is C10H25NO2. The van der Waals surface area contributed by atoms with E-state index in [1.165, 1.54) is 0 Å². The molecule has 0 heterocycles. The van der Waals surface area contributed by atoms with Crippen molar-refractivity contribution < 1.29 is 10.9 Å². The fourth-order valence-electron chi connectivity index (χ4n) is 0.815. The second-order valence-electron chi connectivity index (χ2n) is 3.51. The molecule has 0 amide bonds. The van der Waals surface area contributed by atoms with Crippen LogP contribution in [0.4, 0.5) is 0 Å². The smallest absolute Gasteiger partial charge is 0.0701 e. The van der Waals surface area contributed by atoms with Crippen LogP contribution in [0.15, 0.2) is 0 Å². The number of hydrogen-bond acceptors (Lipinski definition) is 3. The fourth-order valence-corrected chi connectivity index (χ4v) is 0.815. The van der Waals surface area contributed by atoms with Gasteiger partial charge in [0.25, 0.3) is 0 Å². The summed E-state index contributed by atoms with van der Waals surface area (Å²) in [6.45, 7) is 8.36. The molecule has 0 aromatic rings. The molecule has 0 unspecified atom stereocenters. The summed E-state index contributed by atoms with van der Waals surface area (Å²) < 4.78 is 10.7. The number of likely N-dealkylation sites (N-methyl/N-ethyl adjacent to an activating group) is 1. The lowest BCUT2D eigenvalue weighted by atomic mass is 10.1. The minimum Gasteiger partial charge on any atom is -0.379 e. The van der Waals surface area contributed by atoms with Gasteiger partial charge in [-0.3, -0.25) is 0 Å². The van der Waals surface area contributed by atoms with Crippen LogP contribution in [0.3, 0.4) is 0 Å². The molecule has 0 aliphatic carbocycles. The summed E-state index contributed by atoms with van der Waals surface area (Å²) in [6.07, 6.45) is 1.14. The van der Waals surface area contributed by atoms with E-state index in [9.17, 15) is 0 Å². The highest BCUT2D eigenvalue weighted by atomic mass is 16.5. The zero-order valence-electron chi connectivity index (χ0n) is 9.14. The Morgan fingerprint density at radius 3 is 2.23 bits per heavy atom. The van der Waals surface area contributed by atoms with Gasteiger partial charge in [-0.05, 0) is 19.4 Å². The van der Waals surface area contributed by atoms with Crippen molar-refractivity contribution in [2.75, 3.05) is 40.0 Å². The van der Waals surface area contributed by atoms with Crippen molar-refractivity contribution in [1.82, 2.24) is 5.32 Å². The van der Waals surface area contributed by atoms with E-state index in [0.717, 1.165) is 38.7 Å². The molecule has 0 fully saturated rings. The lowest BCUT2D eigenvalue weighted by Crippen LogP contribution is -2.16. The topological polar surface area (TPSA) is 30.5 Å². The molecule has 0 atom stereocenters. The molecule has 0 saturated heterocycles. The first-order chi connectivity index (χ1) is 6.27. The van der Waals surface area contributed by atoms with Crippen molar-refractivity contribution in [2.45, 2.75) is 20.3 Å². The zero-order valence-corrected chi connectivity index (χ0v) is 9.14. The first-order valence-electron chi connectivity index (χ1n) is 5.07. The van der Waals surface area contributed by atoms with Crippen LogP contribution in [0.5, 0.6) is 0 Å². The summed E-state index contributed by atoms with van der Waals surface area (Å²) >= 11 is 0. The molecule has 0 aromatic carbocycles. The first-order valence-corrected chi connectivity index (χ1v) is 5.07. The van der Waals surface area contributed by atoms with Gasteiger partial charge in [0, 0.05) is 14.6 Å². The van der Waals surface area contributed by atoms with Crippen molar-refractivity contribution in [3.8, 4) is 0 Å². The molecule has 0 rings (SSSR count). The van der Waals surface area contributed by atoms with Crippen LogP contribution in [0.1, 0.15) is 21.7 Å². The average Bonchev–Trinajstić information content (AvgIpc) is 2.09. The highest BCUT2D eigenvalue weighted by molar-refractivity contribution is 4.42. The van der Waals surface area contributed by atoms with E-state index in [2.05, 4.69) is 19.2 Å². The zero-order chi connectivity index (χ0) is 9.94. The fraction of sp³-hybridized carbons (Fsp3) is 1.00. The maximum atomic E-state index is 5.38. The Balaban J connectivity index is 0. The van der Waals surface area contributed by atoms with E-state index in [-0.39, 0.29) is 1.43 Å². The van der Waals surface area contributed by atoms with Crippen LogP contribution in [-0.4, -0.2) is 40.0 Å². The van der Waals surface area contributed by atoms with Gasteiger partial charge in [-0.15, -0.1) is 0 Å². The normalized spacial score (nSPS) is 11.1. The average molecular weight is 191 g/mol. The van der Waals surface area contributed by atoms with Gasteiger partial charge in [0.05, 0.1) is 19.8 Å². The maximum absolute atomic E-state index is 5.38. The van der Waals surface area contributed by atoms with Gasteiger partial charge in [0.1, 0.15) is 0 Å². The molecule has 1 N–H and O–H groups in total. The van der Waals surface area contributed by atoms with Crippen LogP contribution in [0, 0.1) is 5.92 Å². The van der Waals surface area contributed by atoms with Crippen LogP contribution in [-0.2, 0) is 9.47 Å². The molecule has 3 heteroatoms. The van der Waals surface area contributed by atoms with Crippen molar-refractivity contribution in [3.05, 3.63) is 0 Å². The Labute approximate surface area is 83.3 Å². The quantitative estimate of drug-likeness (QED) is 0.561. The Morgan fingerprint density at radius 1 is 1.08 bits per heavy atom.